The maximum atomic E-state index is 8.46. The first kappa shape index (κ1) is 9.31. The van der Waals surface area contributed by atoms with Crippen molar-refractivity contribution in [3.05, 3.63) is 23.4 Å². The molecule has 1 aromatic rings. The number of hydrogen-bond donors (Lipinski definition) is 2. The molecule has 0 saturated heterocycles. The van der Waals surface area contributed by atoms with Gasteiger partial charge in [-0.05, 0) is 19.1 Å². The summed E-state index contributed by atoms with van der Waals surface area (Å²) in [5.74, 6) is 0.347. The summed E-state index contributed by atoms with van der Waals surface area (Å²) in [6.07, 6.45) is 0. The molecule has 1 aromatic heterocycles. The van der Waals surface area contributed by atoms with Gasteiger partial charge in [0, 0.05) is 5.69 Å². The Kier molecular flexibility index (Phi) is 2.69. The van der Waals surface area contributed by atoms with Crippen molar-refractivity contribution in [1.82, 2.24) is 4.98 Å². The molecule has 0 amide bonds. The number of nitrogens with two attached hydrogens (primary N) is 1. The minimum absolute atomic E-state index is 0.00986. The molecular formula is C8H11N3O2. The first-order valence-corrected chi connectivity index (χ1v) is 3.68. The van der Waals surface area contributed by atoms with Crippen molar-refractivity contribution in [1.29, 1.82) is 0 Å². The van der Waals surface area contributed by atoms with Crippen LogP contribution in [0.4, 0.5) is 0 Å². The van der Waals surface area contributed by atoms with Gasteiger partial charge >= 0.3 is 0 Å². The van der Waals surface area contributed by atoms with Crippen molar-refractivity contribution >= 4 is 5.84 Å². The lowest BCUT2D eigenvalue weighted by molar-refractivity contribution is 0.318. The summed E-state index contributed by atoms with van der Waals surface area (Å²) in [6.45, 7) is 1.83. The van der Waals surface area contributed by atoms with Gasteiger partial charge in [0.25, 0.3) is 0 Å². The fourth-order valence-electron chi connectivity index (χ4n) is 0.937. The molecule has 0 saturated carbocycles. The van der Waals surface area contributed by atoms with Crippen LogP contribution in [0.15, 0.2) is 17.3 Å². The molecule has 0 atom stereocenters. The van der Waals surface area contributed by atoms with Crippen molar-refractivity contribution < 1.29 is 9.94 Å². The van der Waals surface area contributed by atoms with Gasteiger partial charge in [-0.2, -0.15) is 0 Å². The Balaban J connectivity index is 3.21. The summed E-state index contributed by atoms with van der Waals surface area (Å²) in [6, 6.07) is 3.45. The molecule has 3 N–H and O–H groups in total. The maximum absolute atomic E-state index is 8.46. The zero-order valence-electron chi connectivity index (χ0n) is 7.48. The number of amidine groups is 1. The van der Waals surface area contributed by atoms with E-state index in [1.807, 2.05) is 6.92 Å². The minimum atomic E-state index is -0.00986. The Morgan fingerprint density at radius 2 is 2.31 bits per heavy atom. The molecule has 0 aliphatic heterocycles. The Morgan fingerprint density at radius 3 is 2.85 bits per heavy atom. The standard InChI is InChI=1S/C8H11N3O2/c1-5-3-4-6(7(9)11-12)8(10-5)13-2/h3-4,12H,1-2H3,(H2,9,11). The first-order valence-electron chi connectivity index (χ1n) is 3.68. The number of ether oxygens (including phenoxy) is 1. The first-order chi connectivity index (χ1) is 6.19. The van der Waals surface area contributed by atoms with Gasteiger partial charge in [-0.1, -0.05) is 5.16 Å². The fraction of sp³-hybridized carbons (Fsp3) is 0.250. The minimum Gasteiger partial charge on any atom is -0.480 e. The summed E-state index contributed by atoms with van der Waals surface area (Å²) in [5.41, 5.74) is 6.69. The number of hydrogen-bond acceptors (Lipinski definition) is 4. The molecule has 5 heteroatoms. The second-order valence-electron chi connectivity index (χ2n) is 2.49. The van der Waals surface area contributed by atoms with Crippen LogP contribution in [-0.4, -0.2) is 23.1 Å². The van der Waals surface area contributed by atoms with E-state index in [4.69, 9.17) is 15.7 Å². The van der Waals surface area contributed by atoms with E-state index in [2.05, 4.69) is 10.1 Å². The number of aryl methyl sites for hydroxylation is 1. The highest BCUT2D eigenvalue weighted by Crippen LogP contribution is 2.14. The SMILES string of the molecule is COc1nc(C)ccc1/C(N)=N\O. The largest absolute Gasteiger partial charge is 0.480 e. The third-order valence-corrected chi connectivity index (χ3v) is 1.58. The van der Waals surface area contributed by atoms with Crippen LogP contribution in [0.5, 0.6) is 5.88 Å². The quantitative estimate of drug-likeness (QED) is 0.301. The highest BCUT2D eigenvalue weighted by molar-refractivity contribution is 5.99. The van der Waals surface area contributed by atoms with E-state index < -0.39 is 0 Å². The lowest BCUT2D eigenvalue weighted by atomic mass is 10.2. The van der Waals surface area contributed by atoms with Crippen LogP contribution >= 0.6 is 0 Å². The summed E-state index contributed by atoms with van der Waals surface area (Å²) in [7, 11) is 1.48. The molecule has 0 unspecified atom stereocenters. The van der Waals surface area contributed by atoms with E-state index in [-0.39, 0.29) is 5.84 Å². The molecule has 0 spiro atoms. The number of methoxy groups -OCH3 is 1. The lowest BCUT2D eigenvalue weighted by Gasteiger charge is -2.05. The normalized spacial score (nSPS) is 11.4. The highest BCUT2D eigenvalue weighted by Gasteiger charge is 2.08. The van der Waals surface area contributed by atoms with Crippen LogP contribution < -0.4 is 10.5 Å². The van der Waals surface area contributed by atoms with E-state index in [1.165, 1.54) is 7.11 Å². The molecule has 13 heavy (non-hydrogen) atoms. The van der Waals surface area contributed by atoms with Crippen molar-refractivity contribution in [2.75, 3.05) is 7.11 Å². The number of aromatic nitrogens is 1. The van der Waals surface area contributed by atoms with Crippen LogP contribution in [0.25, 0.3) is 0 Å². The molecule has 0 aromatic carbocycles. The predicted octanol–water partition coefficient (Wildman–Crippen LogP) is 0.493. The molecule has 0 fully saturated rings. The summed E-state index contributed by atoms with van der Waals surface area (Å²) in [4.78, 5) is 4.07. The van der Waals surface area contributed by atoms with Gasteiger partial charge in [0.1, 0.15) is 0 Å². The molecule has 70 valence electrons. The van der Waals surface area contributed by atoms with Crippen LogP contribution in [-0.2, 0) is 0 Å². The summed E-state index contributed by atoms with van der Waals surface area (Å²) < 4.78 is 4.97. The zero-order chi connectivity index (χ0) is 9.84. The van der Waals surface area contributed by atoms with E-state index in [0.29, 0.717) is 11.4 Å². The van der Waals surface area contributed by atoms with E-state index in [1.54, 1.807) is 12.1 Å². The number of pyridine rings is 1. The lowest BCUT2D eigenvalue weighted by Crippen LogP contribution is -2.15. The van der Waals surface area contributed by atoms with Crippen molar-refractivity contribution in [3.8, 4) is 5.88 Å². The van der Waals surface area contributed by atoms with Crippen LogP contribution in [0.1, 0.15) is 11.3 Å². The molecule has 1 heterocycles. The van der Waals surface area contributed by atoms with Gasteiger partial charge in [-0.15, -0.1) is 0 Å². The topological polar surface area (TPSA) is 80.7 Å². The maximum Gasteiger partial charge on any atom is 0.224 e. The Bertz CT molecular complexity index is 336. The summed E-state index contributed by atoms with van der Waals surface area (Å²) in [5, 5.41) is 11.3. The molecule has 5 nitrogen and oxygen atoms in total. The van der Waals surface area contributed by atoms with Crippen LogP contribution in [0.3, 0.4) is 0 Å². The molecule has 0 bridgehead atoms. The Morgan fingerprint density at radius 1 is 1.62 bits per heavy atom. The Hall–Kier alpha value is -1.78. The number of oxime groups is 1. The van der Waals surface area contributed by atoms with Gasteiger partial charge in [-0.3, -0.25) is 0 Å². The molecule has 0 radical (unpaired) electrons. The number of rotatable bonds is 2. The van der Waals surface area contributed by atoms with Gasteiger partial charge in [0.2, 0.25) is 5.88 Å². The smallest absolute Gasteiger partial charge is 0.224 e. The van der Waals surface area contributed by atoms with E-state index in [9.17, 15) is 0 Å². The predicted molar refractivity (Wildman–Crippen MR) is 48.0 cm³/mol. The average Bonchev–Trinajstić information content (AvgIpc) is 2.16. The van der Waals surface area contributed by atoms with Crippen molar-refractivity contribution in [2.24, 2.45) is 10.9 Å². The van der Waals surface area contributed by atoms with Gasteiger partial charge < -0.3 is 15.7 Å². The second kappa shape index (κ2) is 3.75. The van der Waals surface area contributed by atoms with Crippen LogP contribution in [0, 0.1) is 6.92 Å². The average molecular weight is 181 g/mol. The third kappa shape index (κ3) is 1.87. The van der Waals surface area contributed by atoms with Crippen molar-refractivity contribution in [2.45, 2.75) is 6.92 Å². The van der Waals surface area contributed by atoms with Gasteiger partial charge in [0.05, 0.1) is 12.7 Å². The Labute approximate surface area is 75.8 Å². The third-order valence-electron chi connectivity index (χ3n) is 1.58. The monoisotopic (exact) mass is 181 g/mol. The van der Waals surface area contributed by atoms with Crippen molar-refractivity contribution in [3.63, 3.8) is 0 Å². The van der Waals surface area contributed by atoms with Gasteiger partial charge in [0.15, 0.2) is 5.84 Å². The molecule has 0 aliphatic carbocycles. The molecule has 0 aliphatic rings. The fourth-order valence-corrected chi connectivity index (χ4v) is 0.937. The zero-order valence-corrected chi connectivity index (χ0v) is 7.48. The number of nitrogens with zero attached hydrogens (tertiary/aromatic N) is 2. The molecule has 1 rings (SSSR count). The molecular weight excluding hydrogens is 170 g/mol. The van der Waals surface area contributed by atoms with Gasteiger partial charge in [-0.25, -0.2) is 4.98 Å². The second-order valence-corrected chi connectivity index (χ2v) is 2.49. The summed E-state index contributed by atoms with van der Waals surface area (Å²) >= 11 is 0. The van der Waals surface area contributed by atoms with E-state index >= 15 is 0 Å². The van der Waals surface area contributed by atoms with Crippen LogP contribution in [0.2, 0.25) is 0 Å². The van der Waals surface area contributed by atoms with E-state index in [0.717, 1.165) is 5.69 Å². The highest BCUT2D eigenvalue weighted by atomic mass is 16.5.